The highest BCUT2D eigenvalue weighted by molar-refractivity contribution is 9.09. The Morgan fingerprint density at radius 2 is 2.28 bits per heavy atom. The predicted molar refractivity (Wildman–Crippen MR) is 78.6 cm³/mol. The zero-order valence-electron chi connectivity index (χ0n) is 10.6. The van der Waals surface area contributed by atoms with Crippen LogP contribution in [0.1, 0.15) is 29.3 Å². The van der Waals surface area contributed by atoms with Gasteiger partial charge in [-0.15, -0.1) is 0 Å². The molecule has 0 saturated carbocycles. The summed E-state index contributed by atoms with van der Waals surface area (Å²) < 4.78 is 0. The van der Waals surface area contributed by atoms with Gasteiger partial charge in [0.25, 0.3) is 5.91 Å². The van der Waals surface area contributed by atoms with Crippen LogP contribution < -0.4 is 0 Å². The molecule has 1 aliphatic rings. The van der Waals surface area contributed by atoms with Crippen molar-refractivity contribution < 1.29 is 4.79 Å². The zero-order chi connectivity index (χ0) is 13.3. The molecular weight excluding hydrogens is 314 g/mol. The van der Waals surface area contributed by atoms with Gasteiger partial charge in [0, 0.05) is 28.5 Å². The van der Waals surface area contributed by atoms with Crippen molar-refractivity contribution in [1.29, 1.82) is 0 Å². The van der Waals surface area contributed by atoms with E-state index in [0.717, 1.165) is 29.4 Å². The Hall–Kier alpha value is -0.540. The van der Waals surface area contributed by atoms with E-state index in [1.807, 2.05) is 30.0 Å². The quantitative estimate of drug-likeness (QED) is 0.753. The van der Waals surface area contributed by atoms with Gasteiger partial charge in [0.1, 0.15) is 0 Å². The average molecular weight is 331 g/mol. The van der Waals surface area contributed by atoms with Crippen LogP contribution in [-0.4, -0.2) is 28.7 Å². The molecule has 0 bridgehead atoms. The first-order chi connectivity index (χ1) is 8.56. The Morgan fingerprint density at radius 3 is 2.94 bits per heavy atom. The highest BCUT2D eigenvalue weighted by Gasteiger charge is 2.34. The van der Waals surface area contributed by atoms with Crippen LogP contribution in [0, 0.1) is 12.8 Å². The van der Waals surface area contributed by atoms with E-state index in [0.29, 0.717) is 10.9 Å². The van der Waals surface area contributed by atoms with Gasteiger partial charge in [0.05, 0.1) is 0 Å². The summed E-state index contributed by atoms with van der Waals surface area (Å²) in [7, 11) is 0. The molecular formula is C14H17BrClNO. The lowest BCUT2D eigenvalue weighted by Crippen LogP contribution is -2.38. The zero-order valence-corrected chi connectivity index (χ0v) is 13.0. The standard InChI is InChI=1S/C14H17BrClNO/c1-9-6-7-17(13(9)8-15)14(18)11-4-3-5-12(16)10(11)2/h3-5,9,13H,6-8H2,1-2H3. The maximum Gasteiger partial charge on any atom is 0.254 e. The van der Waals surface area contributed by atoms with E-state index >= 15 is 0 Å². The second-order valence-corrected chi connectivity index (χ2v) is 5.95. The summed E-state index contributed by atoms with van der Waals surface area (Å²) in [5.74, 6) is 0.650. The molecule has 0 aromatic heterocycles. The number of alkyl halides is 1. The molecule has 0 aliphatic carbocycles. The van der Waals surface area contributed by atoms with Crippen molar-refractivity contribution in [2.24, 2.45) is 5.92 Å². The van der Waals surface area contributed by atoms with Crippen LogP contribution in [0.5, 0.6) is 0 Å². The van der Waals surface area contributed by atoms with Crippen LogP contribution in [0.3, 0.4) is 0 Å². The van der Waals surface area contributed by atoms with Gasteiger partial charge in [-0.3, -0.25) is 4.79 Å². The number of benzene rings is 1. The smallest absolute Gasteiger partial charge is 0.254 e. The van der Waals surface area contributed by atoms with Gasteiger partial charge in [-0.2, -0.15) is 0 Å². The minimum atomic E-state index is 0.101. The Labute approximate surface area is 121 Å². The van der Waals surface area contributed by atoms with E-state index in [1.54, 1.807) is 0 Å². The minimum absolute atomic E-state index is 0.101. The van der Waals surface area contributed by atoms with Crippen LogP contribution in [0.25, 0.3) is 0 Å². The van der Waals surface area contributed by atoms with E-state index in [1.165, 1.54) is 0 Å². The number of amides is 1. The molecule has 1 fully saturated rings. The van der Waals surface area contributed by atoms with E-state index in [4.69, 9.17) is 11.6 Å². The largest absolute Gasteiger partial charge is 0.335 e. The fraction of sp³-hybridized carbons (Fsp3) is 0.500. The number of nitrogens with zero attached hydrogens (tertiary/aromatic N) is 1. The van der Waals surface area contributed by atoms with Crippen molar-refractivity contribution in [3.8, 4) is 0 Å². The third-order valence-corrected chi connectivity index (χ3v) is 4.87. The van der Waals surface area contributed by atoms with Crippen LogP contribution in [0.2, 0.25) is 5.02 Å². The Kier molecular flexibility index (Phi) is 4.33. The van der Waals surface area contributed by atoms with E-state index < -0.39 is 0 Å². The van der Waals surface area contributed by atoms with Gasteiger partial charge >= 0.3 is 0 Å². The van der Waals surface area contributed by atoms with Gasteiger partial charge in [0.2, 0.25) is 0 Å². The molecule has 1 heterocycles. The fourth-order valence-corrected chi connectivity index (χ4v) is 3.65. The maximum atomic E-state index is 12.6. The molecule has 2 nitrogen and oxygen atoms in total. The molecule has 2 unspecified atom stereocenters. The van der Waals surface area contributed by atoms with Gasteiger partial charge < -0.3 is 4.90 Å². The molecule has 1 saturated heterocycles. The van der Waals surface area contributed by atoms with Crippen LogP contribution in [0.4, 0.5) is 0 Å². The molecule has 2 atom stereocenters. The first-order valence-electron chi connectivity index (χ1n) is 6.18. The van der Waals surface area contributed by atoms with Crippen molar-refractivity contribution >= 4 is 33.4 Å². The lowest BCUT2D eigenvalue weighted by Gasteiger charge is -2.26. The molecule has 2 rings (SSSR count). The summed E-state index contributed by atoms with van der Waals surface area (Å²) in [6, 6.07) is 5.81. The number of carbonyl (C=O) groups excluding carboxylic acids is 1. The molecule has 0 spiro atoms. The number of halogens is 2. The molecule has 0 radical (unpaired) electrons. The first-order valence-corrected chi connectivity index (χ1v) is 7.68. The summed E-state index contributed by atoms with van der Waals surface area (Å²) >= 11 is 9.59. The lowest BCUT2D eigenvalue weighted by molar-refractivity contribution is 0.0738. The third-order valence-electron chi connectivity index (χ3n) is 3.80. The van der Waals surface area contributed by atoms with Crippen molar-refractivity contribution in [1.82, 2.24) is 4.90 Å². The van der Waals surface area contributed by atoms with Crippen molar-refractivity contribution in [2.45, 2.75) is 26.3 Å². The third kappa shape index (κ3) is 2.43. The predicted octanol–water partition coefficient (Wildman–Crippen LogP) is 3.89. The first kappa shape index (κ1) is 13.9. The van der Waals surface area contributed by atoms with Crippen molar-refractivity contribution in [3.05, 3.63) is 34.3 Å². The van der Waals surface area contributed by atoms with Gasteiger partial charge in [-0.1, -0.05) is 40.5 Å². The summed E-state index contributed by atoms with van der Waals surface area (Å²) in [5, 5.41) is 1.49. The number of hydrogen-bond acceptors (Lipinski definition) is 1. The highest BCUT2D eigenvalue weighted by atomic mass is 79.9. The second kappa shape index (κ2) is 5.62. The van der Waals surface area contributed by atoms with Gasteiger partial charge in [-0.05, 0) is 37.0 Å². The summed E-state index contributed by atoms with van der Waals surface area (Å²) in [6.07, 6.45) is 1.07. The normalized spacial score (nSPS) is 23.4. The monoisotopic (exact) mass is 329 g/mol. The second-order valence-electron chi connectivity index (χ2n) is 4.90. The lowest BCUT2D eigenvalue weighted by atomic mass is 10.0. The minimum Gasteiger partial charge on any atom is -0.335 e. The van der Waals surface area contributed by atoms with E-state index in [-0.39, 0.29) is 11.9 Å². The Bertz CT molecular complexity index is 463. The number of likely N-dealkylation sites (tertiary alicyclic amines) is 1. The molecule has 1 aromatic carbocycles. The molecule has 4 heteroatoms. The molecule has 98 valence electrons. The molecule has 1 aliphatic heterocycles. The molecule has 18 heavy (non-hydrogen) atoms. The van der Waals surface area contributed by atoms with E-state index in [2.05, 4.69) is 22.9 Å². The van der Waals surface area contributed by atoms with Crippen LogP contribution in [0.15, 0.2) is 18.2 Å². The van der Waals surface area contributed by atoms with E-state index in [9.17, 15) is 4.79 Å². The topological polar surface area (TPSA) is 20.3 Å². The van der Waals surface area contributed by atoms with Gasteiger partial charge in [-0.25, -0.2) is 0 Å². The maximum absolute atomic E-state index is 12.6. The summed E-state index contributed by atoms with van der Waals surface area (Å²) in [4.78, 5) is 14.6. The number of rotatable bonds is 2. The Morgan fingerprint density at radius 1 is 1.56 bits per heavy atom. The average Bonchev–Trinajstić information content (AvgIpc) is 2.73. The highest BCUT2D eigenvalue weighted by Crippen LogP contribution is 2.28. The summed E-state index contributed by atoms with van der Waals surface area (Å²) in [5.41, 5.74) is 1.60. The number of hydrogen-bond donors (Lipinski definition) is 0. The van der Waals surface area contributed by atoms with Crippen LogP contribution in [-0.2, 0) is 0 Å². The Balaban J connectivity index is 2.29. The molecule has 0 N–H and O–H groups in total. The van der Waals surface area contributed by atoms with Crippen molar-refractivity contribution in [2.75, 3.05) is 11.9 Å². The fourth-order valence-electron chi connectivity index (χ4n) is 2.49. The molecule has 1 aromatic rings. The molecule has 1 amide bonds. The summed E-state index contributed by atoms with van der Waals surface area (Å²) in [6.45, 7) is 4.93. The van der Waals surface area contributed by atoms with Gasteiger partial charge in [0.15, 0.2) is 0 Å². The van der Waals surface area contributed by atoms with Crippen LogP contribution >= 0.6 is 27.5 Å². The SMILES string of the molecule is Cc1c(Cl)cccc1C(=O)N1CCC(C)C1CBr. The number of carbonyl (C=O) groups is 1. The van der Waals surface area contributed by atoms with Crippen molar-refractivity contribution in [3.63, 3.8) is 0 Å².